The van der Waals surface area contributed by atoms with E-state index >= 15 is 0 Å². The molecule has 2 N–H and O–H groups in total. The highest BCUT2D eigenvalue weighted by Crippen LogP contribution is 2.22. The van der Waals surface area contributed by atoms with Gasteiger partial charge in [-0.05, 0) is 31.7 Å². The first kappa shape index (κ1) is 14.0. The largest absolute Gasteiger partial charge is 0.314 e. The van der Waals surface area contributed by atoms with Crippen molar-refractivity contribution >= 4 is 15.9 Å². The van der Waals surface area contributed by atoms with Gasteiger partial charge in [-0.25, -0.2) is 0 Å². The second-order valence-corrected chi connectivity index (χ2v) is 5.76. The van der Waals surface area contributed by atoms with Gasteiger partial charge >= 0.3 is 0 Å². The predicted octanol–water partition coefficient (Wildman–Crippen LogP) is 2.00. The van der Waals surface area contributed by atoms with Crippen LogP contribution in [0.1, 0.15) is 18.5 Å². The van der Waals surface area contributed by atoms with Crippen LogP contribution in [0.15, 0.2) is 28.7 Å². The molecule has 100 valence electrons. The maximum absolute atomic E-state index is 3.49. The molecule has 0 amide bonds. The summed E-state index contributed by atoms with van der Waals surface area (Å²) in [5, 5.41) is 6.86. The highest BCUT2D eigenvalue weighted by molar-refractivity contribution is 9.10. The standard InChI is InChI=1S/C14H22BrN3/c1-11(18-9-7-17-8-10-18)14(16-2)12-3-5-13(15)6-4-12/h3-6,11,14,16-17H,7-10H2,1-2H3. The quantitative estimate of drug-likeness (QED) is 0.890. The van der Waals surface area contributed by atoms with Crippen LogP contribution >= 0.6 is 15.9 Å². The minimum absolute atomic E-state index is 0.385. The number of hydrogen-bond donors (Lipinski definition) is 2. The molecule has 2 atom stereocenters. The molecule has 0 aliphatic carbocycles. The van der Waals surface area contributed by atoms with E-state index in [2.05, 4.69) is 62.7 Å². The second kappa shape index (κ2) is 6.66. The fourth-order valence-electron chi connectivity index (χ4n) is 2.66. The van der Waals surface area contributed by atoms with E-state index < -0.39 is 0 Å². The Kier molecular flexibility index (Phi) is 5.18. The topological polar surface area (TPSA) is 27.3 Å². The van der Waals surface area contributed by atoms with Crippen LogP contribution in [0.2, 0.25) is 0 Å². The average Bonchev–Trinajstić information content (AvgIpc) is 2.42. The molecule has 4 heteroatoms. The summed E-state index contributed by atoms with van der Waals surface area (Å²) in [7, 11) is 2.05. The molecular weight excluding hydrogens is 290 g/mol. The Morgan fingerprint density at radius 1 is 1.22 bits per heavy atom. The van der Waals surface area contributed by atoms with Gasteiger partial charge < -0.3 is 10.6 Å². The third kappa shape index (κ3) is 3.32. The lowest BCUT2D eigenvalue weighted by Crippen LogP contribution is -2.51. The maximum atomic E-state index is 3.49. The van der Waals surface area contributed by atoms with Gasteiger partial charge in [0.2, 0.25) is 0 Å². The first-order valence-electron chi connectivity index (χ1n) is 6.60. The number of halogens is 1. The van der Waals surface area contributed by atoms with Gasteiger partial charge in [-0.3, -0.25) is 4.90 Å². The summed E-state index contributed by atoms with van der Waals surface area (Å²) >= 11 is 3.49. The Labute approximate surface area is 118 Å². The first-order valence-corrected chi connectivity index (χ1v) is 7.39. The SMILES string of the molecule is CNC(c1ccc(Br)cc1)C(C)N1CCNCC1. The number of benzene rings is 1. The number of piperazine rings is 1. The third-order valence-electron chi connectivity index (χ3n) is 3.75. The normalized spacial score (nSPS) is 20.6. The van der Waals surface area contributed by atoms with Crippen molar-refractivity contribution in [3.05, 3.63) is 34.3 Å². The molecule has 1 fully saturated rings. The molecule has 1 aliphatic rings. The molecule has 1 aliphatic heterocycles. The van der Waals surface area contributed by atoms with Crippen molar-refractivity contribution in [1.82, 2.24) is 15.5 Å². The van der Waals surface area contributed by atoms with Gasteiger partial charge in [0.1, 0.15) is 0 Å². The van der Waals surface area contributed by atoms with Crippen LogP contribution in [0, 0.1) is 0 Å². The van der Waals surface area contributed by atoms with Crippen molar-refractivity contribution in [1.29, 1.82) is 0 Å². The van der Waals surface area contributed by atoms with Crippen molar-refractivity contribution in [3.63, 3.8) is 0 Å². The summed E-state index contributed by atoms with van der Waals surface area (Å²) in [6.45, 7) is 6.78. The molecule has 0 spiro atoms. The zero-order chi connectivity index (χ0) is 13.0. The van der Waals surface area contributed by atoms with Crippen LogP contribution in [-0.4, -0.2) is 44.2 Å². The highest BCUT2D eigenvalue weighted by atomic mass is 79.9. The number of likely N-dealkylation sites (N-methyl/N-ethyl adjacent to an activating group) is 1. The zero-order valence-electron chi connectivity index (χ0n) is 11.1. The van der Waals surface area contributed by atoms with Gasteiger partial charge in [0.25, 0.3) is 0 Å². The molecule has 1 saturated heterocycles. The summed E-state index contributed by atoms with van der Waals surface area (Å²) < 4.78 is 1.14. The van der Waals surface area contributed by atoms with E-state index in [4.69, 9.17) is 0 Å². The number of nitrogens with one attached hydrogen (secondary N) is 2. The fourth-order valence-corrected chi connectivity index (χ4v) is 2.92. The van der Waals surface area contributed by atoms with Crippen molar-refractivity contribution in [3.8, 4) is 0 Å². The number of hydrogen-bond acceptors (Lipinski definition) is 3. The maximum Gasteiger partial charge on any atom is 0.0473 e. The molecule has 0 saturated carbocycles. The summed E-state index contributed by atoms with van der Waals surface area (Å²) in [5.41, 5.74) is 1.35. The summed E-state index contributed by atoms with van der Waals surface area (Å²) in [6, 6.07) is 9.52. The number of nitrogens with zero attached hydrogens (tertiary/aromatic N) is 1. The molecule has 2 rings (SSSR count). The van der Waals surface area contributed by atoms with Crippen LogP contribution < -0.4 is 10.6 Å². The summed E-state index contributed by atoms with van der Waals surface area (Å²) in [5.74, 6) is 0. The third-order valence-corrected chi connectivity index (χ3v) is 4.28. The van der Waals surface area contributed by atoms with Gasteiger partial charge in [0.15, 0.2) is 0 Å². The molecule has 18 heavy (non-hydrogen) atoms. The first-order chi connectivity index (χ1) is 8.72. The predicted molar refractivity (Wildman–Crippen MR) is 79.8 cm³/mol. The van der Waals surface area contributed by atoms with E-state index in [1.165, 1.54) is 5.56 Å². The van der Waals surface area contributed by atoms with E-state index in [-0.39, 0.29) is 0 Å². The van der Waals surface area contributed by atoms with Crippen molar-refractivity contribution in [2.75, 3.05) is 33.2 Å². The average molecular weight is 312 g/mol. The Balaban J connectivity index is 2.09. The molecule has 1 aromatic rings. The highest BCUT2D eigenvalue weighted by Gasteiger charge is 2.24. The van der Waals surface area contributed by atoms with Crippen LogP contribution in [0.4, 0.5) is 0 Å². The monoisotopic (exact) mass is 311 g/mol. The van der Waals surface area contributed by atoms with Crippen LogP contribution in [0.5, 0.6) is 0 Å². The van der Waals surface area contributed by atoms with Crippen LogP contribution in [0.3, 0.4) is 0 Å². The Morgan fingerprint density at radius 3 is 2.39 bits per heavy atom. The Morgan fingerprint density at radius 2 is 1.83 bits per heavy atom. The van der Waals surface area contributed by atoms with E-state index in [0.717, 1.165) is 30.7 Å². The molecule has 0 radical (unpaired) electrons. The smallest absolute Gasteiger partial charge is 0.0473 e. The lowest BCUT2D eigenvalue weighted by Gasteiger charge is -2.37. The molecule has 1 heterocycles. The van der Waals surface area contributed by atoms with Gasteiger partial charge in [-0.15, -0.1) is 0 Å². The van der Waals surface area contributed by atoms with Gasteiger partial charge in [-0.2, -0.15) is 0 Å². The minimum Gasteiger partial charge on any atom is -0.314 e. The van der Waals surface area contributed by atoms with Gasteiger partial charge in [0.05, 0.1) is 0 Å². The molecule has 0 aromatic heterocycles. The lowest BCUT2D eigenvalue weighted by molar-refractivity contribution is 0.153. The summed E-state index contributed by atoms with van der Waals surface area (Å²) in [6.07, 6.45) is 0. The van der Waals surface area contributed by atoms with E-state index in [1.807, 2.05) is 7.05 Å². The zero-order valence-corrected chi connectivity index (χ0v) is 12.7. The van der Waals surface area contributed by atoms with Crippen molar-refractivity contribution in [2.24, 2.45) is 0 Å². The Bertz CT molecular complexity index is 360. The van der Waals surface area contributed by atoms with Gasteiger partial charge in [0, 0.05) is 42.7 Å². The molecule has 2 unspecified atom stereocenters. The Hall–Kier alpha value is -0.420. The van der Waals surface area contributed by atoms with E-state index in [0.29, 0.717) is 12.1 Å². The molecular formula is C14H22BrN3. The molecule has 1 aromatic carbocycles. The minimum atomic E-state index is 0.385. The van der Waals surface area contributed by atoms with Crippen LogP contribution in [0.25, 0.3) is 0 Å². The molecule has 0 bridgehead atoms. The second-order valence-electron chi connectivity index (χ2n) is 4.84. The summed E-state index contributed by atoms with van der Waals surface area (Å²) in [4.78, 5) is 2.56. The molecule has 3 nitrogen and oxygen atoms in total. The van der Waals surface area contributed by atoms with Crippen molar-refractivity contribution < 1.29 is 0 Å². The van der Waals surface area contributed by atoms with E-state index in [1.54, 1.807) is 0 Å². The fraction of sp³-hybridized carbons (Fsp3) is 0.571. The van der Waals surface area contributed by atoms with Gasteiger partial charge in [-0.1, -0.05) is 28.1 Å². The number of rotatable bonds is 4. The van der Waals surface area contributed by atoms with Crippen LogP contribution in [-0.2, 0) is 0 Å². The van der Waals surface area contributed by atoms with Crippen molar-refractivity contribution in [2.45, 2.75) is 19.0 Å². The lowest BCUT2D eigenvalue weighted by atomic mass is 9.99. The van der Waals surface area contributed by atoms with E-state index in [9.17, 15) is 0 Å².